The number of rotatable bonds is 21. The van der Waals surface area contributed by atoms with Crippen LogP contribution in [-0.4, -0.2) is 92.1 Å². The molecule has 0 fully saturated rings. The SMILES string of the molecule is CCOC(=O)COc1c2cc(P(=O)(O)OCC)cc1COCc1cc(P(=O)(O)OCC)cc(c1OCC(=O)OCC)COCc1cc(P(=O)(O)OCC)cc(c1OCC(=O)OCC)COC2. The van der Waals surface area contributed by atoms with E-state index in [-0.39, 0.29) is 106 Å². The van der Waals surface area contributed by atoms with Crippen LogP contribution in [0.1, 0.15) is 74.9 Å². The maximum atomic E-state index is 13.6. The van der Waals surface area contributed by atoms with Crippen molar-refractivity contribution in [2.24, 2.45) is 0 Å². The van der Waals surface area contributed by atoms with E-state index in [2.05, 4.69) is 0 Å². The van der Waals surface area contributed by atoms with E-state index in [0.717, 1.165) is 0 Å². The van der Waals surface area contributed by atoms with E-state index in [9.17, 15) is 42.8 Å². The average Bonchev–Trinajstić information content (AvgIpc) is 3.24. The van der Waals surface area contributed by atoms with Crippen molar-refractivity contribution in [2.45, 2.75) is 81.2 Å². The van der Waals surface area contributed by atoms with Crippen LogP contribution in [0.15, 0.2) is 36.4 Å². The van der Waals surface area contributed by atoms with Crippen LogP contribution >= 0.6 is 22.8 Å². The lowest BCUT2D eigenvalue weighted by Crippen LogP contribution is -2.20. The van der Waals surface area contributed by atoms with Crippen molar-refractivity contribution < 1.29 is 99.0 Å². The quantitative estimate of drug-likeness (QED) is 0.0752. The summed E-state index contributed by atoms with van der Waals surface area (Å²) < 4.78 is 108. The van der Waals surface area contributed by atoms with Crippen LogP contribution in [-0.2, 0) is 110 Å². The summed E-state index contributed by atoms with van der Waals surface area (Å²) in [5.41, 5.74) is 0.678. The molecule has 6 bridgehead atoms. The second-order valence-corrected chi connectivity index (χ2v) is 19.3. The highest BCUT2D eigenvalue weighted by Gasteiger charge is 2.31. The molecule has 0 amide bonds. The molecule has 24 heteroatoms. The van der Waals surface area contributed by atoms with Gasteiger partial charge >= 0.3 is 40.7 Å². The topological polar surface area (TPSA) is 274 Å². The van der Waals surface area contributed by atoms with Crippen LogP contribution in [0.25, 0.3) is 0 Å². The van der Waals surface area contributed by atoms with Gasteiger partial charge in [-0.1, -0.05) is 0 Å². The predicted octanol–water partition coefficient (Wildman–Crippen LogP) is 4.52. The van der Waals surface area contributed by atoms with Gasteiger partial charge in [-0.05, 0) is 77.9 Å². The van der Waals surface area contributed by atoms with Crippen molar-refractivity contribution in [3.05, 3.63) is 69.8 Å². The van der Waals surface area contributed by atoms with Crippen LogP contribution in [0.2, 0.25) is 0 Å². The lowest BCUT2D eigenvalue weighted by Gasteiger charge is -2.23. The number of carbonyl (C=O) groups is 3. The number of hydrogen-bond donors (Lipinski definition) is 3. The smallest absolute Gasteiger partial charge is 0.358 e. The molecule has 66 heavy (non-hydrogen) atoms. The van der Waals surface area contributed by atoms with Crippen LogP contribution in [0, 0.1) is 0 Å². The summed E-state index contributed by atoms with van der Waals surface area (Å²) in [6.45, 7) is 4.80. The van der Waals surface area contributed by atoms with Gasteiger partial charge in [0.1, 0.15) is 17.2 Å². The summed E-state index contributed by atoms with van der Waals surface area (Å²) in [7, 11) is -13.6. The Morgan fingerprint density at radius 3 is 0.818 bits per heavy atom. The van der Waals surface area contributed by atoms with E-state index in [0.29, 0.717) is 0 Å². The molecule has 4 rings (SSSR count). The lowest BCUT2D eigenvalue weighted by molar-refractivity contribution is -0.146. The highest BCUT2D eigenvalue weighted by molar-refractivity contribution is 7.61. The van der Waals surface area contributed by atoms with Crippen LogP contribution in [0.3, 0.4) is 0 Å². The number of esters is 3. The Morgan fingerprint density at radius 2 is 0.636 bits per heavy atom. The van der Waals surface area contributed by atoms with E-state index in [1.165, 1.54) is 57.2 Å². The van der Waals surface area contributed by atoms with Crippen LogP contribution in [0.4, 0.5) is 0 Å². The highest BCUT2D eigenvalue weighted by Crippen LogP contribution is 2.45. The van der Waals surface area contributed by atoms with Gasteiger partial charge in [0, 0.05) is 33.4 Å². The molecule has 0 aliphatic carbocycles. The van der Waals surface area contributed by atoms with Gasteiger partial charge < -0.3 is 70.9 Å². The van der Waals surface area contributed by atoms with Gasteiger partial charge in [0.25, 0.3) is 0 Å². The highest BCUT2D eigenvalue weighted by atomic mass is 31.2. The maximum absolute atomic E-state index is 13.6. The van der Waals surface area contributed by atoms with Gasteiger partial charge in [-0.3, -0.25) is 13.7 Å². The Kier molecular flexibility index (Phi) is 21.3. The molecule has 3 aromatic rings. The summed E-state index contributed by atoms with van der Waals surface area (Å²) in [4.78, 5) is 71.0. The van der Waals surface area contributed by atoms with E-state index < -0.39 is 100 Å². The minimum Gasteiger partial charge on any atom is -0.481 e. The van der Waals surface area contributed by atoms with Crippen LogP contribution < -0.4 is 30.1 Å². The number of fused-ring (bicyclic) bond motifs is 6. The van der Waals surface area contributed by atoms with Gasteiger partial charge in [0.2, 0.25) is 0 Å². The fraction of sp³-hybridized carbons (Fsp3) is 0.500. The van der Waals surface area contributed by atoms with E-state index in [1.54, 1.807) is 20.8 Å². The molecule has 0 saturated heterocycles. The molecule has 3 aromatic carbocycles. The minimum atomic E-state index is -4.53. The predicted molar refractivity (Wildman–Crippen MR) is 234 cm³/mol. The summed E-state index contributed by atoms with van der Waals surface area (Å²) in [5, 5.41) is -0.631. The molecular formula is C42H57O21P3. The fourth-order valence-electron chi connectivity index (χ4n) is 6.46. The van der Waals surface area contributed by atoms with Gasteiger partial charge in [-0.15, -0.1) is 0 Å². The third-order valence-corrected chi connectivity index (χ3v) is 13.6. The Labute approximate surface area is 382 Å². The molecule has 0 saturated carbocycles. The van der Waals surface area contributed by atoms with Crippen LogP contribution in [0.5, 0.6) is 17.2 Å². The zero-order chi connectivity index (χ0) is 48.5. The fourth-order valence-corrected chi connectivity index (χ4v) is 9.87. The normalized spacial score (nSPS) is 16.0. The number of ether oxygens (including phenoxy) is 9. The molecule has 366 valence electrons. The Bertz CT molecular complexity index is 1970. The average molecular weight is 991 g/mol. The lowest BCUT2D eigenvalue weighted by atomic mass is 10.1. The van der Waals surface area contributed by atoms with Crippen molar-refractivity contribution in [1.29, 1.82) is 0 Å². The largest absolute Gasteiger partial charge is 0.481 e. The summed E-state index contributed by atoms with van der Waals surface area (Å²) in [5.74, 6) is -2.30. The van der Waals surface area contributed by atoms with E-state index in [4.69, 9.17) is 56.2 Å². The van der Waals surface area contributed by atoms with Gasteiger partial charge in [-0.2, -0.15) is 0 Å². The third-order valence-electron chi connectivity index (χ3n) is 9.04. The molecule has 3 unspecified atom stereocenters. The second kappa shape index (κ2) is 25.8. The molecule has 21 nitrogen and oxygen atoms in total. The molecule has 3 atom stereocenters. The first-order valence-corrected chi connectivity index (χ1v) is 25.7. The first-order chi connectivity index (χ1) is 31.4. The minimum absolute atomic E-state index is 0.0216. The van der Waals surface area contributed by atoms with E-state index >= 15 is 0 Å². The Balaban J connectivity index is 2.06. The van der Waals surface area contributed by atoms with Crippen molar-refractivity contribution in [3.8, 4) is 17.2 Å². The zero-order valence-electron chi connectivity index (χ0n) is 37.6. The molecule has 0 spiro atoms. The number of benzene rings is 3. The molecular weight excluding hydrogens is 933 g/mol. The number of hydrogen-bond acceptors (Lipinski definition) is 18. The Hall–Kier alpha value is -4.20. The summed E-state index contributed by atoms with van der Waals surface area (Å²) in [6, 6.07) is 7.71. The molecule has 0 aromatic heterocycles. The van der Waals surface area contributed by atoms with Crippen molar-refractivity contribution >= 4 is 56.6 Å². The van der Waals surface area contributed by atoms with Crippen molar-refractivity contribution in [2.75, 3.05) is 59.5 Å². The molecule has 1 heterocycles. The summed E-state index contributed by atoms with van der Waals surface area (Å²) >= 11 is 0. The first-order valence-electron chi connectivity index (χ1n) is 20.9. The first kappa shape index (κ1) is 54.4. The molecule has 1 aliphatic heterocycles. The standard InChI is InChI=1S/C42H57O21P3/c1-7-55-37(43)25-58-40-28-13-34(64(46,47)61-10-4)14-29(40)20-53-22-31-16-36(66(50,51)63-12-6)18-33(42(31)60-27-39(45)57-9-3)24-54-23-32-17-35(65(48,49)62-11-5)15-30(21-52-19-28)41(32)59-26-38(44)56-8-2/h13-18H,7-12,19-27H2,1-6H3,(H,46,47)(H,48,49)(H,50,51). The summed E-state index contributed by atoms with van der Waals surface area (Å²) in [6.07, 6.45) is 0. The van der Waals surface area contributed by atoms with Crippen molar-refractivity contribution in [3.63, 3.8) is 0 Å². The molecule has 0 radical (unpaired) electrons. The van der Waals surface area contributed by atoms with Gasteiger partial charge in [0.05, 0.1) is 95.2 Å². The maximum Gasteiger partial charge on any atom is 0.358 e. The van der Waals surface area contributed by atoms with Gasteiger partial charge in [0.15, 0.2) is 19.8 Å². The Morgan fingerprint density at radius 1 is 0.424 bits per heavy atom. The monoisotopic (exact) mass is 990 g/mol. The molecule has 1 aliphatic rings. The zero-order valence-corrected chi connectivity index (χ0v) is 40.3. The van der Waals surface area contributed by atoms with E-state index in [1.807, 2.05) is 0 Å². The third kappa shape index (κ3) is 15.4. The van der Waals surface area contributed by atoms with Gasteiger partial charge in [-0.25, -0.2) is 14.4 Å². The second-order valence-electron chi connectivity index (χ2n) is 13.9. The molecule has 3 N–H and O–H groups in total. The number of carbonyl (C=O) groups excluding carboxylic acids is 3. The van der Waals surface area contributed by atoms with Crippen molar-refractivity contribution in [1.82, 2.24) is 0 Å².